The van der Waals surface area contributed by atoms with Crippen molar-refractivity contribution in [2.24, 2.45) is 0 Å². The number of likely N-dealkylation sites (N-methyl/N-ethyl adjacent to an activating group) is 1. The quantitative estimate of drug-likeness (QED) is 0.830. The third-order valence-electron chi connectivity index (χ3n) is 2.37. The summed E-state index contributed by atoms with van der Waals surface area (Å²) in [4.78, 5) is 4.43. The molecule has 80 valence electrons. The van der Waals surface area contributed by atoms with Crippen LogP contribution in [0, 0.1) is 0 Å². The van der Waals surface area contributed by atoms with E-state index in [0.29, 0.717) is 6.04 Å². The minimum Gasteiger partial charge on any atom is -0.441 e. The summed E-state index contributed by atoms with van der Waals surface area (Å²) >= 11 is 0. The average Bonchev–Trinajstić information content (AvgIpc) is 2.59. The Morgan fingerprint density at radius 2 is 2.20 bits per heavy atom. The first-order chi connectivity index (χ1) is 7.29. The van der Waals surface area contributed by atoms with Crippen LogP contribution >= 0.6 is 0 Å². The van der Waals surface area contributed by atoms with Crippen LogP contribution in [0.15, 0.2) is 28.7 Å². The third-order valence-corrected chi connectivity index (χ3v) is 2.37. The summed E-state index contributed by atoms with van der Waals surface area (Å²) in [5.41, 5.74) is 1.81. The highest BCUT2D eigenvalue weighted by molar-refractivity contribution is 5.72. The molecule has 0 radical (unpaired) electrons. The molecule has 0 fully saturated rings. The maximum atomic E-state index is 5.63. The van der Waals surface area contributed by atoms with Gasteiger partial charge in [-0.1, -0.05) is 19.1 Å². The smallest absolute Gasteiger partial charge is 0.197 e. The van der Waals surface area contributed by atoms with Gasteiger partial charge in [0.1, 0.15) is 5.52 Å². The minimum atomic E-state index is 0.406. The number of oxazole rings is 1. The van der Waals surface area contributed by atoms with E-state index in [9.17, 15) is 0 Å². The van der Waals surface area contributed by atoms with Crippen LogP contribution in [0.4, 0.5) is 0 Å². The first-order valence-electron chi connectivity index (χ1n) is 5.37. The predicted molar refractivity (Wildman–Crippen MR) is 60.9 cm³/mol. The number of benzene rings is 1. The molecule has 0 aliphatic heterocycles. The number of para-hydroxylation sites is 2. The number of nitrogens with one attached hydrogen (secondary N) is 1. The van der Waals surface area contributed by atoms with E-state index in [-0.39, 0.29) is 0 Å². The van der Waals surface area contributed by atoms with Crippen molar-refractivity contribution < 1.29 is 4.42 Å². The fourth-order valence-electron chi connectivity index (χ4n) is 1.69. The van der Waals surface area contributed by atoms with Gasteiger partial charge in [-0.3, -0.25) is 0 Å². The Morgan fingerprint density at radius 1 is 1.40 bits per heavy atom. The van der Waals surface area contributed by atoms with Crippen molar-refractivity contribution in [2.45, 2.75) is 26.3 Å². The SMILES string of the molecule is CCNC(C)Cc1nc2ccccc2o1. The second-order valence-electron chi connectivity index (χ2n) is 3.74. The normalized spacial score (nSPS) is 13.2. The number of hydrogen-bond donors (Lipinski definition) is 1. The van der Waals surface area contributed by atoms with E-state index >= 15 is 0 Å². The predicted octanol–water partition coefficient (Wildman–Crippen LogP) is 2.37. The standard InChI is InChI=1S/C12H16N2O/c1-3-13-9(2)8-12-14-10-6-4-5-7-11(10)15-12/h4-7,9,13H,3,8H2,1-2H3. The van der Waals surface area contributed by atoms with Crippen LogP contribution in [0.2, 0.25) is 0 Å². The highest BCUT2D eigenvalue weighted by Crippen LogP contribution is 2.15. The maximum Gasteiger partial charge on any atom is 0.197 e. The molecule has 1 unspecified atom stereocenters. The van der Waals surface area contributed by atoms with Crippen molar-refractivity contribution in [2.75, 3.05) is 6.54 Å². The van der Waals surface area contributed by atoms with E-state index in [1.807, 2.05) is 24.3 Å². The van der Waals surface area contributed by atoms with Crippen LogP contribution in [0.5, 0.6) is 0 Å². The van der Waals surface area contributed by atoms with Gasteiger partial charge >= 0.3 is 0 Å². The Hall–Kier alpha value is -1.35. The van der Waals surface area contributed by atoms with Crippen LogP contribution < -0.4 is 5.32 Å². The van der Waals surface area contributed by atoms with E-state index in [2.05, 4.69) is 24.1 Å². The second kappa shape index (κ2) is 4.45. The van der Waals surface area contributed by atoms with Gasteiger partial charge in [0.05, 0.1) is 0 Å². The monoisotopic (exact) mass is 204 g/mol. The Morgan fingerprint density at radius 3 is 2.93 bits per heavy atom. The molecule has 15 heavy (non-hydrogen) atoms. The zero-order valence-electron chi connectivity index (χ0n) is 9.16. The number of hydrogen-bond acceptors (Lipinski definition) is 3. The van der Waals surface area contributed by atoms with E-state index < -0.39 is 0 Å². The molecule has 1 N–H and O–H groups in total. The second-order valence-corrected chi connectivity index (χ2v) is 3.74. The molecule has 1 aromatic heterocycles. The van der Waals surface area contributed by atoms with Gasteiger partial charge in [-0.05, 0) is 25.6 Å². The summed E-state index contributed by atoms with van der Waals surface area (Å²) in [7, 11) is 0. The molecule has 0 aliphatic rings. The average molecular weight is 204 g/mol. The zero-order chi connectivity index (χ0) is 10.7. The Balaban J connectivity index is 2.15. The molecule has 2 aromatic rings. The minimum absolute atomic E-state index is 0.406. The third kappa shape index (κ3) is 2.36. The molecule has 3 heteroatoms. The number of nitrogens with zero attached hydrogens (tertiary/aromatic N) is 1. The van der Waals surface area contributed by atoms with Gasteiger partial charge in [-0.2, -0.15) is 0 Å². The Labute approximate surface area is 89.5 Å². The topological polar surface area (TPSA) is 38.1 Å². The van der Waals surface area contributed by atoms with Crippen molar-refractivity contribution >= 4 is 11.1 Å². The molecular formula is C12H16N2O. The van der Waals surface area contributed by atoms with Crippen molar-refractivity contribution in [3.05, 3.63) is 30.2 Å². The number of rotatable bonds is 4. The van der Waals surface area contributed by atoms with Crippen molar-refractivity contribution in [3.63, 3.8) is 0 Å². The molecule has 3 nitrogen and oxygen atoms in total. The number of fused-ring (bicyclic) bond motifs is 1. The van der Waals surface area contributed by atoms with Crippen molar-refractivity contribution in [1.82, 2.24) is 10.3 Å². The van der Waals surface area contributed by atoms with Gasteiger partial charge in [0.15, 0.2) is 11.5 Å². The van der Waals surface area contributed by atoms with Crippen LogP contribution in [0.3, 0.4) is 0 Å². The lowest BCUT2D eigenvalue weighted by Crippen LogP contribution is -2.27. The van der Waals surface area contributed by atoms with E-state index in [4.69, 9.17) is 4.42 Å². The molecule has 0 amide bonds. The molecule has 0 bridgehead atoms. The Kier molecular flexibility index (Phi) is 3.02. The van der Waals surface area contributed by atoms with Gasteiger partial charge in [-0.15, -0.1) is 0 Å². The number of aromatic nitrogens is 1. The van der Waals surface area contributed by atoms with E-state index in [0.717, 1.165) is 30.0 Å². The van der Waals surface area contributed by atoms with Crippen LogP contribution in [-0.2, 0) is 6.42 Å². The van der Waals surface area contributed by atoms with Crippen molar-refractivity contribution in [1.29, 1.82) is 0 Å². The Bertz CT molecular complexity index is 403. The lowest BCUT2D eigenvalue weighted by Gasteiger charge is -2.08. The summed E-state index contributed by atoms with van der Waals surface area (Å²) in [6.07, 6.45) is 0.836. The van der Waals surface area contributed by atoms with Gasteiger partial charge in [0.25, 0.3) is 0 Å². The first kappa shape index (κ1) is 10.2. The van der Waals surface area contributed by atoms with Crippen molar-refractivity contribution in [3.8, 4) is 0 Å². The molecule has 0 aliphatic carbocycles. The van der Waals surface area contributed by atoms with Crippen LogP contribution in [-0.4, -0.2) is 17.6 Å². The van der Waals surface area contributed by atoms with E-state index in [1.54, 1.807) is 0 Å². The van der Waals surface area contributed by atoms with Gasteiger partial charge in [-0.25, -0.2) is 4.98 Å². The summed E-state index contributed by atoms with van der Waals surface area (Å²) in [6, 6.07) is 8.26. The largest absolute Gasteiger partial charge is 0.441 e. The molecule has 0 saturated carbocycles. The molecule has 2 rings (SSSR count). The zero-order valence-corrected chi connectivity index (χ0v) is 9.16. The first-order valence-corrected chi connectivity index (χ1v) is 5.37. The highest BCUT2D eigenvalue weighted by Gasteiger charge is 2.08. The molecule has 1 atom stereocenters. The molecule has 0 spiro atoms. The molecule has 1 aromatic carbocycles. The maximum absolute atomic E-state index is 5.63. The molecule has 0 saturated heterocycles. The van der Waals surface area contributed by atoms with Crippen LogP contribution in [0.25, 0.3) is 11.1 Å². The lowest BCUT2D eigenvalue weighted by molar-refractivity contribution is 0.469. The highest BCUT2D eigenvalue weighted by atomic mass is 16.3. The summed E-state index contributed by atoms with van der Waals surface area (Å²) in [5, 5.41) is 3.34. The van der Waals surface area contributed by atoms with Crippen LogP contribution in [0.1, 0.15) is 19.7 Å². The van der Waals surface area contributed by atoms with E-state index in [1.165, 1.54) is 0 Å². The van der Waals surface area contributed by atoms with Gasteiger partial charge in [0.2, 0.25) is 0 Å². The summed E-state index contributed by atoms with van der Waals surface area (Å²) in [6.45, 7) is 5.21. The summed E-state index contributed by atoms with van der Waals surface area (Å²) in [5.74, 6) is 0.810. The lowest BCUT2D eigenvalue weighted by atomic mass is 10.2. The van der Waals surface area contributed by atoms with Gasteiger partial charge in [0, 0.05) is 12.5 Å². The fourth-order valence-corrected chi connectivity index (χ4v) is 1.69. The molecular weight excluding hydrogens is 188 g/mol. The summed E-state index contributed by atoms with van der Waals surface area (Å²) < 4.78 is 5.63. The fraction of sp³-hybridized carbons (Fsp3) is 0.417. The molecule has 1 heterocycles. The van der Waals surface area contributed by atoms with Gasteiger partial charge < -0.3 is 9.73 Å².